The average Bonchev–Trinajstić information content (AvgIpc) is 3.08. The second-order valence-corrected chi connectivity index (χ2v) is 9.94. The van der Waals surface area contributed by atoms with Crippen molar-refractivity contribution in [2.75, 3.05) is 19.0 Å². The summed E-state index contributed by atoms with van der Waals surface area (Å²) in [4.78, 5) is 26.5. The van der Waals surface area contributed by atoms with E-state index in [1.807, 2.05) is 6.92 Å². The minimum Gasteiger partial charge on any atom is -0.494 e. The van der Waals surface area contributed by atoms with Gasteiger partial charge in [0.15, 0.2) is 0 Å². The van der Waals surface area contributed by atoms with E-state index in [-0.39, 0.29) is 17.3 Å². The lowest BCUT2D eigenvalue weighted by atomic mass is 9.72. The van der Waals surface area contributed by atoms with Crippen LogP contribution in [-0.2, 0) is 17.6 Å². The first-order valence-electron chi connectivity index (χ1n) is 10.5. The zero-order valence-corrected chi connectivity index (χ0v) is 19.3. The van der Waals surface area contributed by atoms with Crippen molar-refractivity contribution >= 4 is 28.2 Å². The minimum absolute atomic E-state index is 0.206. The van der Waals surface area contributed by atoms with E-state index < -0.39 is 0 Å². The predicted octanol–water partition coefficient (Wildman–Crippen LogP) is 5.73. The lowest BCUT2D eigenvalue weighted by Gasteiger charge is -2.33. The molecule has 1 heterocycles. The van der Waals surface area contributed by atoms with Gasteiger partial charge in [-0.1, -0.05) is 27.7 Å². The van der Waals surface area contributed by atoms with Crippen molar-refractivity contribution in [2.24, 2.45) is 11.3 Å². The van der Waals surface area contributed by atoms with Crippen LogP contribution in [0.1, 0.15) is 71.7 Å². The molecule has 1 aliphatic carbocycles. The molecule has 1 aromatic carbocycles. The van der Waals surface area contributed by atoms with Gasteiger partial charge in [0.1, 0.15) is 10.8 Å². The maximum Gasteiger partial charge on any atom is 0.341 e. The maximum atomic E-state index is 12.8. The van der Waals surface area contributed by atoms with Crippen molar-refractivity contribution < 1.29 is 19.1 Å². The van der Waals surface area contributed by atoms with E-state index in [0.29, 0.717) is 28.7 Å². The van der Waals surface area contributed by atoms with Crippen LogP contribution in [0.3, 0.4) is 0 Å². The topological polar surface area (TPSA) is 64.6 Å². The third-order valence-corrected chi connectivity index (χ3v) is 6.87. The molecule has 6 heteroatoms. The zero-order valence-electron chi connectivity index (χ0n) is 18.5. The molecule has 0 saturated heterocycles. The fourth-order valence-corrected chi connectivity index (χ4v) is 5.14. The number of benzene rings is 1. The van der Waals surface area contributed by atoms with Gasteiger partial charge >= 0.3 is 5.97 Å². The van der Waals surface area contributed by atoms with Crippen molar-refractivity contribution in [3.8, 4) is 5.75 Å². The smallest absolute Gasteiger partial charge is 0.341 e. The van der Waals surface area contributed by atoms with Crippen LogP contribution < -0.4 is 10.1 Å². The fourth-order valence-electron chi connectivity index (χ4n) is 3.83. The van der Waals surface area contributed by atoms with Crippen LogP contribution in [-0.4, -0.2) is 25.6 Å². The van der Waals surface area contributed by atoms with Crippen LogP contribution in [0, 0.1) is 11.3 Å². The number of ether oxygens (including phenoxy) is 2. The molecule has 0 aliphatic heterocycles. The zero-order chi connectivity index (χ0) is 21.9. The van der Waals surface area contributed by atoms with Crippen LogP contribution >= 0.6 is 11.3 Å². The molecule has 1 aromatic heterocycles. The Hall–Kier alpha value is -2.34. The number of nitrogens with one attached hydrogen (secondary N) is 1. The van der Waals surface area contributed by atoms with Crippen LogP contribution in [0.15, 0.2) is 24.3 Å². The fraction of sp³-hybridized carbons (Fsp3) is 0.500. The minimum atomic E-state index is -0.389. The molecule has 3 rings (SSSR count). The molecule has 0 spiro atoms. The highest BCUT2D eigenvalue weighted by Gasteiger charge is 2.34. The summed E-state index contributed by atoms with van der Waals surface area (Å²) in [6, 6.07) is 7.06. The molecule has 1 amide bonds. The highest BCUT2D eigenvalue weighted by Crippen LogP contribution is 2.44. The molecule has 1 atom stereocenters. The normalized spacial score (nSPS) is 16.0. The second kappa shape index (κ2) is 9.21. The third kappa shape index (κ3) is 4.86. The van der Waals surface area contributed by atoms with Crippen molar-refractivity contribution in [3.63, 3.8) is 0 Å². The Morgan fingerprint density at radius 1 is 1.20 bits per heavy atom. The number of thiophene rings is 1. The van der Waals surface area contributed by atoms with Gasteiger partial charge in [0.05, 0.1) is 19.3 Å². The summed E-state index contributed by atoms with van der Waals surface area (Å²) in [5, 5.41) is 3.53. The van der Waals surface area contributed by atoms with Gasteiger partial charge in [-0.15, -0.1) is 11.3 Å². The van der Waals surface area contributed by atoms with E-state index in [1.54, 1.807) is 24.3 Å². The molecular weight excluding hydrogens is 398 g/mol. The first-order valence-corrected chi connectivity index (χ1v) is 11.3. The highest BCUT2D eigenvalue weighted by molar-refractivity contribution is 7.17. The Kier molecular flexibility index (Phi) is 6.86. The first-order chi connectivity index (χ1) is 14.2. The number of fused-ring (bicyclic) bond motifs is 1. The summed E-state index contributed by atoms with van der Waals surface area (Å²) in [6.07, 6.45) is 3.71. The van der Waals surface area contributed by atoms with Crippen LogP contribution in [0.25, 0.3) is 0 Å². The number of esters is 1. The van der Waals surface area contributed by atoms with Gasteiger partial charge in [0, 0.05) is 10.4 Å². The highest BCUT2D eigenvalue weighted by atomic mass is 32.1. The molecule has 1 N–H and O–H groups in total. The summed E-state index contributed by atoms with van der Waals surface area (Å²) < 4.78 is 10.6. The van der Waals surface area contributed by atoms with E-state index in [0.717, 1.165) is 37.0 Å². The van der Waals surface area contributed by atoms with Gasteiger partial charge in [0.2, 0.25) is 0 Å². The van der Waals surface area contributed by atoms with Gasteiger partial charge in [0.25, 0.3) is 5.91 Å². The van der Waals surface area contributed by atoms with E-state index in [2.05, 4.69) is 26.1 Å². The van der Waals surface area contributed by atoms with Crippen molar-refractivity contribution in [1.29, 1.82) is 0 Å². The molecule has 0 radical (unpaired) electrons. The molecule has 0 saturated carbocycles. The van der Waals surface area contributed by atoms with Crippen molar-refractivity contribution in [1.82, 2.24) is 0 Å². The van der Waals surface area contributed by atoms with E-state index in [1.165, 1.54) is 23.3 Å². The number of hydrogen-bond acceptors (Lipinski definition) is 5. The summed E-state index contributed by atoms with van der Waals surface area (Å²) in [6.45, 7) is 9.46. The van der Waals surface area contributed by atoms with E-state index in [4.69, 9.17) is 9.47 Å². The Balaban J connectivity index is 1.84. The van der Waals surface area contributed by atoms with Gasteiger partial charge in [-0.25, -0.2) is 4.79 Å². The first kappa shape index (κ1) is 22.3. The number of carbonyl (C=O) groups is 2. The molecule has 1 unspecified atom stereocenters. The maximum absolute atomic E-state index is 12.8. The summed E-state index contributed by atoms with van der Waals surface area (Å²) in [7, 11) is 1.38. The van der Waals surface area contributed by atoms with Crippen LogP contribution in [0.4, 0.5) is 5.00 Å². The molecule has 1 aliphatic rings. The molecular formula is C24H31NO4S. The Morgan fingerprint density at radius 2 is 1.90 bits per heavy atom. The molecule has 162 valence electrons. The predicted molar refractivity (Wildman–Crippen MR) is 121 cm³/mol. The SMILES string of the molecule is CCCOc1ccc(C(=O)Nc2sc3c(c2C(=O)OC)CCC(C(C)(C)C)C3)cc1. The Labute approximate surface area is 182 Å². The van der Waals surface area contributed by atoms with Gasteiger partial charge in [-0.3, -0.25) is 4.79 Å². The summed E-state index contributed by atoms with van der Waals surface area (Å²) in [5.74, 6) is 0.658. The number of methoxy groups -OCH3 is 1. The number of amides is 1. The molecule has 0 bridgehead atoms. The lowest BCUT2D eigenvalue weighted by molar-refractivity contribution is 0.0600. The van der Waals surface area contributed by atoms with Crippen LogP contribution in [0.2, 0.25) is 0 Å². The lowest BCUT2D eigenvalue weighted by Crippen LogP contribution is -2.26. The quantitative estimate of drug-likeness (QED) is 0.596. The molecule has 2 aromatic rings. The average molecular weight is 430 g/mol. The Bertz CT molecular complexity index is 909. The molecule has 5 nitrogen and oxygen atoms in total. The number of rotatable bonds is 6. The molecule has 0 fully saturated rings. The number of anilines is 1. The summed E-state index contributed by atoms with van der Waals surface area (Å²) >= 11 is 1.51. The summed E-state index contributed by atoms with van der Waals surface area (Å²) in [5.41, 5.74) is 2.28. The largest absolute Gasteiger partial charge is 0.494 e. The monoisotopic (exact) mass is 429 g/mol. The number of hydrogen-bond donors (Lipinski definition) is 1. The Morgan fingerprint density at radius 3 is 2.50 bits per heavy atom. The van der Waals surface area contributed by atoms with Crippen molar-refractivity contribution in [2.45, 2.75) is 53.4 Å². The standard InChI is InChI=1S/C24H31NO4S/c1-6-13-29-17-10-7-15(8-11-17)21(26)25-22-20(23(27)28-5)18-12-9-16(24(2,3)4)14-19(18)30-22/h7-8,10-11,16H,6,9,12-14H2,1-5H3,(H,25,26). The van der Waals surface area contributed by atoms with E-state index >= 15 is 0 Å². The van der Waals surface area contributed by atoms with Crippen LogP contribution in [0.5, 0.6) is 5.75 Å². The second-order valence-electron chi connectivity index (χ2n) is 8.83. The van der Waals surface area contributed by atoms with Gasteiger partial charge in [-0.05, 0) is 66.8 Å². The van der Waals surface area contributed by atoms with Gasteiger partial charge < -0.3 is 14.8 Å². The van der Waals surface area contributed by atoms with Gasteiger partial charge in [-0.2, -0.15) is 0 Å². The molecule has 30 heavy (non-hydrogen) atoms. The van der Waals surface area contributed by atoms with E-state index in [9.17, 15) is 9.59 Å². The van der Waals surface area contributed by atoms with Crippen molar-refractivity contribution in [3.05, 3.63) is 45.8 Å². The third-order valence-electron chi connectivity index (χ3n) is 5.70. The number of carbonyl (C=O) groups excluding carboxylic acids is 2.